The van der Waals surface area contributed by atoms with Crippen molar-refractivity contribution in [2.75, 3.05) is 40.3 Å². The Kier molecular flexibility index (Phi) is 6.04. The molecule has 1 aliphatic rings. The van der Waals surface area contributed by atoms with Crippen LogP contribution < -0.4 is 5.32 Å². The lowest BCUT2D eigenvalue weighted by atomic mass is 10.3. The van der Waals surface area contributed by atoms with Gasteiger partial charge in [-0.1, -0.05) is 0 Å². The quantitative estimate of drug-likeness (QED) is 0.742. The van der Waals surface area contributed by atoms with E-state index in [1.165, 1.54) is 7.11 Å². The van der Waals surface area contributed by atoms with Gasteiger partial charge in [-0.2, -0.15) is 0 Å². The van der Waals surface area contributed by atoms with E-state index in [1.54, 1.807) is 4.90 Å². The summed E-state index contributed by atoms with van der Waals surface area (Å²) in [6.07, 6.45) is -0.0881. The molecule has 2 unspecified atom stereocenters. The first kappa shape index (κ1) is 15.7. The van der Waals surface area contributed by atoms with Crippen molar-refractivity contribution in [1.29, 1.82) is 0 Å². The van der Waals surface area contributed by atoms with E-state index in [0.717, 1.165) is 19.5 Å². The third-order valence-electron chi connectivity index (χ3n) is 3.31. The van der Waals surface area contributed by atoms with E-state index >= 15 is 0 Å². The number of carboxylic acids is 1. The van der Waals surface area contributed by atoms with Crippen molar-refractivity contribution < 1.29 is 19.4 Å². The standard InChI is InChI=1S/C12H23N3O4/c1-9-8-14(2)5-4-6-15(9)12(18)13-7-10(19-3)11(16)17/h9-10H,4-8H2,1-3H3,(H,13,18)(H,16,17). The Morgan fingerprint density at radius 3 is 2.74 bits per heavy atom. The number of hydrogen-bond donors (Lipinski definition) is 2. The van der Waals surface area contributed by atoms with Crippen LogP contribution in [0.15, 0.2) is 0 Å². The minimum Gasteiger partial charge on any atom is -0.479 e. The maximum atomic E-state index is 12.1. The van der Waals surface area contributed by atoms with Crippen LogP contribution in [0.2, 0.25) is 0 Å². The van der Waals surface area contributed by atoms with E-state index in [-0.39, 0.29) is 18.6 Å². The van der Waals surface area contributed by atoms with E-state index in [9.17, 15) is 9.59 Å². The zero-order valence-electron chi connectivity index (χ0n) is 11.8. The van der Waals surface area contributed by atoms with Crippen molar-refractivity contribution in [3.05, 3.63) is 0 Å². The van der Waals surface area contributed by atoms with Crippen molar-refractivity contribution in [1.82, 2.24) is 15.1 Å². The van der Waals surface area contributed by atoms with Crippen LogP contribution in [0.1, 0.15) is 13.3 Å². The number of nitrogens with zero attached hydrogens (tertiary/aromatic N) is 2. The fraction of sp³-hybridized carbons (Fsp3) is 0.833. The normalized spacial score (nSPS) is 22.7. The van der Waals surface area contributed by atoms with E-state index < -0.39 is 12.1 Å². The second-order valence-electron chi connectivity index (χ2n) is 4.91. The SMILES string of the molecule is COC(CNC(=O)N1CCCN(C)CC1C)C(=O)O. The average molecular weight is 273 g/mol. The lowest BCUT2D eigenvalue weighted by Crippen LogP contribution is -2.49. The third-order valence-corrected chi connectivity index (χ3v) is 3.31. The number of amides is 2. The molecule has 1 aliphatic heterocycles. The minimum absolute atomic E-state index is 0.0241. The van der Waals surface area contributed by atoms with Crippen LogP contribution in [-0.4, -0.2) is 79.4 Å². The summed E-state index contributed by atoms with van der Waals surface area (Å²) in [5.74, 6) is -1.08. The van der Waals surface area contributed by atoms with Gasteiger partial charge in [-0.05, 0) is 26.9 Å². The fourth-order valence-electron chi connectivity index (χ4n) is 2.23. The molecule has 1 fully saturated rings. The van der Waals surface area contributed by atoms with Gasteiger partial charge in [-0.3, -0.25) is 0 Å². The van der Waals surface area contributed by atoms with Gasteiger partial charge in [0.15, 0.2) is 6.10 Å². The van der Waals surface area contributed by atoms with Crippen LogP contribution in [0.25, 0.3) is 0 Å². The van der Waals surface area contributed by atoms with Gasteiger partial charge in [0.05, 0.1) is 6.54 Å². The predicted octanol–water partition coefficient (Wildman–Crippen LogP) is -0.178. The van der Waals surface area contributed by atoms with Gasteiger partial charge in [-0.15, -0.1) is 0 Å². The number of rotatable bonds is 4. The third kappa shape index (κ3) is 4.68. The molecule has 0 spiro atoms. The second-order valence-corrected chi connectivity index (χ2v) is 4.91. The summed E-state index contributed by atoms with van der Waals surface area (Å²) in [6.45, 7) is 4.43. The molecule has 0 aromatic heterocycles. The Bertz CT molecular complexity index is 324. The molecule has 1 rings (SSSR count). The van der Waals surface area contributed by atoms with Gasteiger partial charge in [0.25, 0.3) is 0 Å². The highest BCUT2D eigenvalue weighted by molar-refractivity contribution is 5.77. The molecule has 2 N–H and O–H groups in total. The largest absolute Gasteiger partial charge is 0.479 e. The maximum Gasteiger partial charge on any atom is 0.334 e. The number of carbonyl (C=O) groups excluding carboxylic acids is 1. The summed E-state index contributed by atoms with van der Waals surface area (Å²) in [4.78, 5) is 26.8. The van der Waals surface area contributed by atoms with E-state index in [4.69, 9.17) is 9.84 Å². The van der Waals surface area contributed by atoms with Gasteiger partial charge in [0.1, 0.15) is 0 Å². The van der Waals surface area contributed by atoms with Crippen LogP contribution >= 0.6 is 0 Å². The van der Waals surface area contributed by atoms with Crippen molar-refractivity contribution in [3.63, 3.8) is 0 Å². The van der Waals surface area contributed by atoms with Gasteiger partial charge in [0, 0.05) is 26.2 Å². The smallest absolute Gasteiger partial charge is 0.334 e. The average Bonchev–Trinajstić information content (AvgIpc) is 2.50. The predicted molar refractivity (Wildman–Crippen MR) is 70.1 cm³/mol. The molecule has 19 heavy (non-hydrogen) atoms. The molecule has 0 saturated carbocycles. The Balaban J connectivity index is 2.50. The molecular weight excluding hydrogens is 250 g/mol. The lowest BCUT2D eigenvalue weighted by molar-refractivity contribution is -0.148. The Morgan fingerprint density at radius 1 is 1.47 bits per heavy atom. The van der Waals surface area contributed by atoms with Crippen molar-refractivity contribution >= 4 is 12.0 Å². The zero-order valence-corrected chi connectivity index (χ0v) is 11.8. The number of hydrogen-bond acceptors (Lipinski definition) is 4. The molecule has 110 valence electrons. The number of urea groups is 1. The number of carboxylic acid groups (broad SMARTS) is 1. The van der Waals surface area contributed by atoms with Gasteiger partial charge >= 0.3 is 12.0 Å². The minimum atomic E-state index is -1.08. The number of likely N-dealkylation sites (N-methyl/N-ethyl adjacent to an activating group) is 1. The summed E-state index contributed by atoms with van der Waals surface area (Å²) in [7, 11) is 3.34. The Labute approximate surface area is 113 Å². The zero-order chi connectivity index (χ0) is 14.4. The molecule has 0 aromatic rings. The number of aliphatic carboxylic acids is 1. The van der Waals surface area contributed by atoms with Crippen molar-refractivity contribution in [3.8, 4) is 0 Å². The first-order valence-corrected chi connectivity index (χ1v) is 6.44. The Hall–Kier alpha value is -1.34. The van der Waals surface area contributed by atoms with E-state index in [0.29, 0.717) is 6.54 Å². The molecule has 7 nitrogen and oxygen atoms in total. The van der Waals surface area contributed by atoms with Crippen molar-refractivity contribution in [2.24, 2.45) is 0 Å². The lowest BCUT2D eigenvalue weighted by Gasteiger charge is -2.28. The highest BCUT2D eigenvalue weighted by Crippen LogP contribution is 2.08. The summed E-state index contributed by atoms with van der Waals surface area (Å²) in [5.41, 5.74) is 0. The van der Waals surface area contributed by atoms with Crippen LogP contribution in [0.3, 0.4) is 0 Å². The summed E-state index contributed by atoms with van der Waals surface area (Å²) >= 11 is 0. The Morgan fingerprint density at radius 2 is 2.16 bits per heavy atom. The van der Waals surface area contributed by atoms with Crippen LogP contribution in [0.4, 0.5) is 4.79 Å². The van der Waals surface area contributed by atoms with Gasteiger partial charge < -0.3 is 25.0 Å². The molecule has 0 aliphatic carbocycles. The highest BCUT2D eigenvalue weighted by Gasteiger charge is 2.25. The van der Waals surface area contributed by atoms with Gasteiger partial charge in [0.2, 0.25) is 0 Å². The van der Waals surface area contributed by atoms with Crippen LogP contribution in [0, 0.1) is 0 Å². The molecule has 0 aromatic carbocycles. The summed E-state index contributed by atoms with van der Waals surface area (Å²) in [6, 6.07) is -0.121. The van der Waals surface area contributed by atoms with E-state index in [2.05, 4.69) is 10.2 Å². The summed E-state index contributed by atoms with van der Waals surface area (Å²) < 4.78 is 4.78. The fourth-order valence-corrected chi connectivity index (χ4v) is 2.23. The molecule has 2 amide bonds. The first-order valence-electron chi connectivity index (χ1n) is 6.44. The number of methoxy groups -OCH3 is 1. The van der Waals surface area contributed by atoms with Crippen molar-refractivity contribution in [2.45, 2.75) is 25.5 Å². The topological polar surface area (TPSA) is 82.1 Å². The molecule has 2 atom stereocenters. The molecule has 1 heterocycles. The molecule has 0 bridgehead atoms. The molecule has 0 radical (unpaired) electrons. The molecule has 7 heteroatoms. The highest BCUT2D eigenvalue weighted by atomic mass is 16.5. The van der Waals surface area contributed by atoms with Crippen LogP contribution in [-0.2, 0) is 9.53 Å². The second kappa shape index (κ2) is 7.30. The van der Waals surface area contributed by atoms with Gasteiger partial charge in [-0.25, -0.2) is 9.59 Å². The van der Waals surface area contributed by atoms with E-state index in [1.807, 2.05) is 14.0 Å². The maximum absolute atomic E-state index is 12.1. The monoisotopic (exact) mass is 273 g/mol. The molecule has 1 saturated heterocycles. The number of ether oxygens (including phenoxy) is 1. The number of carbonyl (C=O) groups is 2. The van der Waals surface area contributed by atoms with Crippen LogP contribution in [0.5, 0.6) is 0 Å². The first-order chi connectivity index (χ1) is 8.95. The number of nitrogens with one attached hydrogen (secondary N) is 1. The summed E-state index contributed by atoms with van der Waals surface area (Å²) in [5, 5.41) is 11.5. The molecular formula is C12H23N3O4.